The molecule has 2 rings (SSSR count). The normalized spacial score (nSPS) is 25.1. The summed E-state index contributed by atoms with van der Waals surface area (Å²) >= 11 is 0. The molecule has 2 saturated heterocycles. The maximum absolute atomic E-state index is 12.0. The first kappa shape index (κ1) is 25.3. The second kappa shape index (κ2) is 11.4. The van der Waals surface area contributed by atoms with Gasteiger partial charge in [-0.2, -0.15) is 0 Å². The minimum Gasteiger partial charge on any atom is -0.444 e. The number of guanidine groups is 1. The second-order valence-corrected chi connectivity index (χ2v) is 9.10. The van der Waals surface area contributed by atoms with E-state index in [1.165, 1.54) is 25.9 Å². The summed E-state index contributed by atoms with van der Waals surface area (Å²) < 4.78 is 5.36. The summed E-state index contributed by atoms with van der Waals surface area (Å²) in [6.07, 6.45) is 3.20. The number of amides is 1. The van der Waals surface area contributed by atoms with Crippen LogP contribution in [0.5, 0.6) is 0 Å². The van der Waals surface area contributed by atoms with Crippen molar-refractivity contribution in [3.05, 3.63) is 0 Å². The molecule has 0 aromatic heterocycles. The number of nitrogens with one attached hydrogen (secondary N) is 2. The van der Waals surface area contributed by atoms with E-state index in [2.05, 4.69) is 39.3 Å². The fraction of sp³-hybridized carbons (Fsp3) is 0.900. The Balaban J connectivity index is 0.00000392. The lowest BCUT2D eigenvalue weighted by atomic mass is 9.99. The first-order valence-corrected chi connectivity index (χ1v) is 10.4. The summed E-state index contributed by atoms with van der Waals surface area (Å²) in [7, 11) is 1.82. The zero-order valence-electron chi connectivity index (χ0n) is 18.5. The highest BCUT2D eigenvalue weighted by molar-refractivity contribution is 14.0. The molecule has 1 amide bonds. The maximum atomic E-state index is 12.0. The highest BCUT2D eigenvalue weighted by Gasteiger charge is 2.28. The van der Waals surface area contributed by atoms with Gasteiger partial charge in [0.2, 0.25) is 0 Å². The molecule has 3 atom stereocenters. The summed E-state index contributed by atoms with van der Waals surface area (Å²) in [5.74, 6) is 1.71. The Morgan fingerprint density at radius 3 is 2.57 bits per heavy atom. The van der Waals surface area contributed by atoms with E-state index < -0.39 is 5.60 Å². The lowest BCUT2D eigenvalue weighted by Crippen LogP contribution is -2.49. The minimum atomic E-state index is -0.470. The zero-order valence-corrected chi connectivity index (χ0v) is 20.8. The number of aliphatic imine (C=N–C) groups is 1. The number of hydrogen-bond acceptors (Lipinski definition) is 4. The Labute approximate surface area is 188 Å². The molecule has 0 radical (unpaired) electrons. The lowest BCUT2D eigenvalue weighted by molar-refractivity contribution is 0.0507. The van der Waals surface area contributed by atoms with Gasteiger partial charge in [0.1, 0.15) is 5.60 Å². The first-order valence-electron chi connectivity index (χ1n) is 10.4. The van der Waals surface area contributed by atoms with Crippen LogP contribution in [0.25, 0.3) is 0 Å². The van der Waals surface area contributed by atoms with Gasteiger partial charge in [-0.25, -0.2) is 4.79 Å². The zero-order chi connectivity index (χ0) is 20.0. The van der Waals surface area contributed by atoms with Gasteiger partial charge < -0.3 is 20.3 Å². The van der Waals surface area contributed by atoms with Crippen LogP contribution in [0, 0.1) is 5.92 Å². The van der Waals surface area contributed by atoms with Crippen LogP contribution in [0.3, 0.4) is 0 Å². The van der Waals surface area contributed by atoms with Gasteiger partial charge in [-0.3, -0.25) is 9.89 Å². The van der Waals surface area contributed by atoms with Crippen LogP contribution < -0.4 is 10.6 Å². The lowest BCUT2D eigenvalue weighted by Gasteiger charge is -2.36. The molecule has 28 heavy (non-hydrogen) atoms. The molecule has 2 heterocycles. The van der Waals surface area contributed by atoms with Gasteiger partial charge >= 0.3 is 6.09 Å². The largest absolute Gasteiger partial charge is 0.444 e. The summed E-state index contributed by atoms with van der Waals surface area (Å²) in [6.45, 7) is 15.2. The quantitative estimate of drug-likeness (QED) is 0.347. The van der Waals surface area contributed by atoms with Crippen LogP contribution in [0.2, 0.25) is 0 Å². The van der Waals surface area contributed by atoms with Gasteiger partial charge in [-0.1, -0.05) is 6.92 Å². The predicted molar refractivity (Wildman–Crippen MR) is 126 cm³/mol. The van der Waals surface area contributed by atoms with Crippen molar-refractivity contribution in [1.29, 1.82) is 0 Å². The summed E-state index contributed by atoms with van der Waals surface area (Å²) in [6, 6.07) is 0.585. The number of nitrogens with zero attached hydrogens (tertiary/aromatic N) is 3. The summed E-state index contributed by atoms with van der Waals surface area (Å²) in [4.78, 5) is 21.2. The molecule has 164 valence electrons. The fourth-order valence-corrected chi connectivity index (χ4v) is 3.87. The van der Waals surface area contributed by atoms with Gasteiger partial charge in [0.05, 0.1) is 6.04 Å². The highest BCUT2D eigenvalue weighted by atomic mass is 127. The maximum Gasteiger partial charge on any atom is 0.407 e. The first-order chi connectivity index (χ1) is 12.7. The SMILES string of the molecule is CN=C(NCC(C)N1CCCC(C)C1)N1CCC(NC(=O)OC(C)(C)C)C1.I. The molecule has 2 fully saturated rings. The minimum absolute atomic E-state index is 0. The number of hydrogen-bond donors (Lipinski definition) is 2. The van der Waals surface area contributed by atoms with E-state index in [9.17, 15) is 4.79 Å². The van der Waals surface area contributed by atoms with Crippen molar-refractivity contribution >= 4 is 36.0 Å². The van der Waals surface area contributed by atoms with Gasteiger partial charge in [0.15, 0.2) is 5.96 Å². The monoisotopic (exact) mass is 509 g/mol. The van der Waals surface area contributed by atoms with E-state index in [4.69, 9.17) is 4.74 Å². The van der Waals surface area contributed by atoms with Crippen LogP contribution in [0.1, 0.15) is 53.9 Å². The Morgan fingerprint density at radius 1 is 1.25 bits per heavy atom. The number of carbonyl (C=O) groups excluding carboxylic acids is 1. The summed E-state index contributed by atoms with van der Waals surface area (Å²) in [5.41, 5.74) is -0.470. The van der Waals surface area contributed by atoms with Crippen molar-refractivity contribution in [3.8, 4) is 0 Å². The van der Waals surface area contributed by atoms with Crippen molar-refractivity contribution in [2.75, 3.05) is 39.8 Å². The van der Waals surface area contributed by atoms with Gasteiger partial charge in [0, 0.05) is 39.3 Å². The van der Waals surface area contributed by atoms with Crippen LogP contribution in [0.4, 0.5) is 4.79 Å². The number of piperidine rings is 1. The smallest absolute Gasteiger partial charge is 0.407 e. The topological polar surface area (TPSA) is 69.2 Å². The molecular weight excluding hydrogens is 469 g/mol. The molecule has 2 aliphatic heterocycles. The fourth-order valence-electron chi connectivity index (χ4n) is 3.87. The Kier molecular flexibility index (Phi) is 10.3. The van der Waals surface area contributed by atoms with Gasteiger partial charge in [0.25, 0.3) is 0 Å². The molecule has 7 nitrogen and oxygen atoms in total. The van der Waals surface area contributed by atoms with Crippen molar-refractivity contribution in [3.63, 3.8) is 0 Å². The molecule has 2 aliphatic rings. The number of ether oxygens (including phenoxy) is 1. The third-order valence-corrected chi connectivity index (χ3v) is 5.29. The molecule has 0 aliphatic carbocycles. The van der Waals surface area contributed by atoms with Crippen molar-refractivity contribution in [2.45, 2.75) is 71.6 Å². The van der Waals surface area contributed by atoms with E-state index in [1.807, 2.05) is 27.8 Å². The average Bonchev–Trinajstić information content (AvgIpc) is 3.01. The molecule has 0 aromatic carbocycles. The molecule has 2 N–H and O–H groups in total. The van der Waals surface area contributed by atoms with Crippen molar-refractivity contribution in [1.82, 2.24) is 20.4 Å². The second-order valence-electron chi connectivity index (χ2n) is 9.10. The average molecular weight is 509 g/mol. The molecule has 0 spiro atoms. The molecule has 0 aromatic rings. The van der Waals surface area contributed by atoms with Crippen molar-refractivity contribution < 1.29 is 9.53 Å². The van der Waals surface area contributed by atoms with Crippen LogP contribution in [-0.2, 0) is 4.74 Å². The van der Waals surface area contributed by atoms with Gasteiger partial charge in [-0.15, -0.1) is 24.0 Å². The number of rotatable bonds is 4. The molecule has 3 unspecified atom stereocenters. The number of alkyl carbamates (subject to hydrolysis) is 1. The van der Waals surface area contributed by atoms with E-state index in [0.717, 1.165) is 37.9 Å². The highest BCUT2D eigenvalue weighted by Crippen LogP contribution is 2.17. The third-order valence-electron chi connectivity index (χ3n) is 5.29. The number of likely N-dealkylation sites (tertiary alicyclic amines) is 2. The predicted octanol–water partition coefficient (Wildman–Crippen LogP) is 2.90. The number of carbonyl (C=O) groups is 1. The van der Waals surface area contributed by atoms with E-state index >= 15 is 0 Å². The number of halogens is 1. The molecule has 0 saturated carbocycles. The van der Waals surface area contributed by atoms with Crippen LogP contribution >= 0.6 is 24.0 Å². The Hall–Kier alpha value is -0.770. The third kappa shape index (κ3) is 8.31. The molecular formula is C20H40IN5O2. The van der Waals surface area contributed by atoms with Crippen molar-refractivity contribution in [2.24, 2.45) is 10.9 Å². The summed E-state index contributed by atoms with van der Waals surface area (Å²) in [5, 5.41) is 6.50. The molecule has 0 bridgehead atoms. The Morgan fingerprint density at radius 2 is 1.96 bits per heavy atom. The van der Waals surface area contributed by atoms with E-state index in [1.54, 1.807) is 0 Å². The van der Waals surface area contributed by atoms with Crippen LogP contribution in [-0.4, -0.2) is 79.3 Å². The Bertz CT molecular complexity index is 523. The standard InChI is InChI=1S/C20H39N5O2.HI/c1-15-8-7-10-24(13-15)16(2)12-22-18(21-6)25-11-9-17(14-25)23-19(26)27-20(3,4)5;/h15-17H,7-14H2,1-6H3,(H,21,22)(H,23,26);1H. The van der Waals surface area contributed by atoms with Crippen LogP contribution in [0.15, 0.2) is 4.99 Å². The van der Waals surface area contributed by atoms with E-state index in [-0.39, 0.29) is 36.1 Å². The van der Waals surface area contributed by atoms with E-state index in [0.29, 0.717) is 6.04 Å². The van der Waals surface area contributed by atoms with Gasteiger partial charge in [-0.05, 0) is 59.4 Å². The molecule has 8 heteroatoms.